The molecule has 0 fully saturated rings. The fourth-order valence-corrected chi connectivity index (χ4v) is 3.56. The molecule has 0 atom stereocenters. The summed E-state index contributed by atoms with van der Waals surface area (Å²) in [5.41, 5.74) is 1.89. The number of aryl methyl sites for hydroxylation is 2. The molecule has 0 saturated heterocycles. The highest BCUT2D eigenvalue weighted by atomic mass is 32.2. The van der Waals surface area contributed by atoms with Crippen molar-refractivity contribution in [2.45, 2.75) is 18.7 Å². The van der Waals surface area contributed by atoms with Crippen LogP contribution in [0.1, 0.15) is 11.1 Å². The number of sulfone groups is 1. The predicted molar refractivity (Wildman–Crippen MR) is 92.2 cm³/mol. The van der Waals surface area contributed by atoms with Gasteiger partial charge in [-0.15, -0.1) is 0 Å². The summed E-state index contributed by atoms with van der Waals surface area (Å²) in [5.74, 6) is -2.85. The first kappa shape index (κ1) is 18.1. The Bertz CT molecular complexity index is 1160. The summed E-state index contributed by atoms with van der Waals surface area (Å²) in [7, 11) is -3.93. The van der Waals surface area contributed by atoms with Crippen molar-refractivity contribution in [2.24, 2.45) is 0 Å². The molecular weight excluding hydrogens is 364 g/mol. The minimum absolute atomic E-state index is 0.0172. The Morgan fingerprint density at radius 3 is 2.15 bits per heavy atom. The molecule has 2 aromatic carbocycles. The van der Waals surface area contributed by atoms with Gasteiger partial charge >= 0.3 is 5.76 Å². The first-order valence-electron chi connectivity index (χ1n) is 7.56. The molecule has 0 N–H and O–H groups in total. The molecule has 1 heterocycles. The third kappa shape index (κ3) is 3.20. The van der Waals surface area contributed by atoms with Crippen LogP contribution >= 0.6 is 0 Å². The van der Waals surface area contributed by atoms with Crippen LogP contribution in [-0.4, -0.2) is 19.2 Å². The van der Waals surface area contributed by atoms with E-state index in [4.69, 9.17) is 4.42 Å². The number of aromatic nitrogens is 1. The van der Waals surface area contributed by atoms with Crippen LogP contribution in [-0.2, 0) is 9.84 Å². The Balaban J connectivity index is 2.28. The number of hydrogen-bond donors (Lipinski definition) is 0. The lowest BCUT2D eigenvalue weighted by molar-refractivity contribution is 0.504. The van der Waals surface area contributed by atoms with Gasteiger partial charge in [0.15, 0.2) is 9.84 Å². The first-order valence-corrected chi connectivity index (χ1v) is 9.46. The van der Waals surface area contributed by atoms with Crippen LogP contribution in [0.5, 0.6) is 0 Å². The molecule has 0 spiro atoms. The average molecular weight is 379 g/mol. The van der Waals surface area contributed by atoms with Gasteiger partial charge in [0.25, 0.3) is 0 Å². The summed E-state index contributed by atoms with van der Waals surface area (Å²) >= 11 is 0. The van der Waals surface area contributed by atoms with Crippen LogP contribution in [0, 0.1) is 25.5 Å². The predicted octanol–water partition coefficient (Wildman–Crippen LogP) is 3.40. The van der Waals surface area contributed by atoms with Gasteiger partial charge in [0.1, 0.15) is 22.8 Å². The van der Waals surface area contributed by atoms with E-state index >= 15 is 0 Å². The second kappa shape index (κ2) is 6.21. The number of nitrogens with zero attached hydrogens (tertiary/aromatic N) is 1. The van der Waals surface area contributed by atoms with Gasteiger partial charge in [-0.2, -0.15) is 0 Å². The fourth-order valence-electron chi connectivity index (χ4n) is 2.83. The van der Waals surface area contributed by atoms with Crippen molar-refractivity contribution in [1.29, 1.82) is 0 Å². The molecule has 0 saturated carbocycles. The van der Waals surface area contributed by atoms with Gasteiger partial charge in [0.05, 0.1) is 11.4 Å². The highest BCUT2D eigenvalue weighted by Gasteiger charge is 2.22. The van der Waals surface area contributed by atoms with Crippen molar-refractivity contribution in [3.05, 3.63) is 69.9 Å². The van der Waals surface area contributed by atoms with Crippen LogP contribution < -0.4 is 5.76 Å². The SMILES string of the molecule is Cc1cc(C)cc(-n2c(-c3cc(F)c(S(C)(=O)=O)cc3F)coc2=O)c1. The van der Waals surface area contributed by atoms with Crippen LogP contribution in [0.15, 0.2) is 50.7 Å². The summed E-state index contributed by atoms with van der Waals surface area (Å²) in [6.07, 6.45) is 1.80. The summed E-state index contributed by atoms with van der Waals surface area (Å²) in [5, 5.41) is 0. The van der Waals surface area contributed by atoms with Crippen molar-refractivity contribution in [2.75, 3.05) is 6.26 Å². The van der Waals surface area contributed by atoms with E-state index in [1.54, 1.807) is 12.1 Å². The molecule has 1 aromatic heterocycles. The Morgan fingerprint density at radius 1 is 0.962 bits per heavy atom. The largest absolute Gasteiger partial charge is 0.424 e. The maximum Gasteiger partial charge on any atom is 0.424 e. The zero-order valence-electron chi connectivity index (χ0n) is 14.2. The number of benzene rings is 2. The van der Waals surface area contributed by atoms with Gasteiger partial charge in [-0.25, -0.2) is 26.6 Å². The van der Waals surface area contributed by atoms with E-state index in [-0.39, 0.29) is 11.3 Å². The number of rotatable bonds is 3. The Labute approximate surface area is 148 Å². The van der Waals surface area contributed by atoms with Crippen molar-refractivity contribution in [3.8, 4) is 16.9 Å². The van der Waals surface area contributed by atoms with Crippen LogP contribution in [0.3, 0.4) is 0 Å². The van der Waals surface area contributed by atoms with Crippen LogP contribution in [0.4, 0.5) is 8.78 Å². The fraction of sp³-hybridized carbons (Fsp3) is 0.167. The maximum atomic E-state index is 14.5. The van der Waals surface area contributed by atoms with Crippen LogP contribution in [0.25, 0.3) is 16.9 Å². The molecule has 0 bridgehead atoms. The Morgan fingerprint density at radius 2 is 1.58 bits per heavy atom. The Kier molecular flexibility index (Phi) is 4.31. The molecule has 0 amide bonds. The molecule has 5 nitrogen and oxygen atoms in total. The monoisotopic (exact) mass is 379 g/mol. The second-order valence-electron chi connectivity index (χ2n) is 6.10. The molecule has 3 rings (SSSR count). The smallest absolute Gasteiger partial charge is 0.415 e. The van der Waals surface area contributed by atoms with E-state index in [2.05, 4.69) is 0 Å². The lowest BCUT2D eigenvalue weighted by Gasteiger charge is -2.10. The molecule has 0 radical (unpaired) electrons. The summed E-state index contributed by atoms with van der Waals surface area (Å²) in [6, 6.07) is 6.65. The molecule has 8 heteroatoms. The van der Waals surface area contributed by atoms with E-state index in [1.165, 1.54) is 0 Å². The maximum absolute atomic E-state index is 14.5. The van der Waals surface area contributed by atoms with Gasteiger partial charge in [0.2, 0.25) is 0 Å². The highest BCUT2D eigenvalue weighted by molar-refractivity contribution is 7.90. The molecule has 0 aliphatic rings. The van der Waals surface area contributed by atoms with E-state index in [0.29, 0.717) is 11.8 Å². The lowest BCUT2D eigenvalue weighted by Crippen LogP contribution is -2.14. The van der Waals surface area contributed by atoms with Gasteiger partial charge in [-0.05, 0) is 49.2 Å². The quantitative estimate of drug-likeness (QED) is 0.699. The van der Waals surface area contributed by atoms with Crippen molar-refractivity contribution < 1.29 is 21.6 Å². The van der Waals surface area contributed by atoms with Gasteiger partial charge < -0.3 is 4.42 Å². The summed E-state index contributed by atoms with van der Waals surface area (Å²) in [4.78, 5) is 11.4. The van der Waals surface area contributed by atoms with E-state index < -0.39 is 32.1 Å². The normalized spacial score (nSPS) is 11.7. The molecule has 3 aromatic rings. The molecule has 136 valence electrons. The average Bonchev–Trinajstić information content (AvgIpc) is 2.88. The highest BCUT2D eigenvalue weighted by Crippen LogP contribution is 2.29. The minimum Gasteiger partial charge on any atom is -0.415 e. The molecule has 0 aliphatic heterocycles. The van der Waals surface area contributed by atoms with E-state index in [9.17, 15) is 22.0 Å². The zero-order chi connectivity index (χ0) is 19.2. The molecule has 26 heavy (non-hydrogen) atoms. The number of oxazole rings is 1. The van der Waals surface area contributed by atoms with Crippen LogP contribution in [0.2, 0.25) is 0 Å². The minimum atomic E-state index is -3.93. The third-order valence-electron chi connectivity index (χ3n) is 3.86. The molecule has 0 unspecified atom stereocenters. The van der Waals surface area contributed by atoms with E-state index in [1.807, 2.05) is 19.9 Å². The van der Waals surface area contributed by atoms with Gasteiger partial charge in [0, 0.05) is 11.8 Å². The molecular formula is C18H15F2NO4S. The second-order valence-corrected chi connectivity index (χ2v) is 8.09. The lowest BCUT2D eigenvalue weighted by atomic mass is 10.1. The van der Waals surface area contributed by atoms with E-state index in [0.717, 1.165) is 34.3 Å². The van der Waals surface area contributed by atoms with Crippen molar-refractivity contribution in [1.82, 2.24) is 4.57 Å². The van der Waals surface area contributed by atoms with Crippen molar-refractivity contribution >= 4 is 9.84 Å². The topological polar surface area (TPSA) is 69.3 Å². The summed E-state index contributed by atoms with van der Waals surface area (Å²) < 4.78 is 57.8. The first-order chi connectivity index (χ1) is 12.1. The standard InChI is InChI=1S/C18H15F2NO4S/c1-10-4-11(2)6-12(5-10)21-16(9-25-18(21)22)13-7-15(20)17(8-14(13)19)26(3,23)24/h4-9H,1-3H3. The number of hydrogen-bond acceptors (Lipinski definition) is 4. The third-order valence-corrected chi connectivity index (χ3v) is 4.97. The van der Waals surface area contributed by atoms with Crippen molar-refractivity contribution in [3.63, 3.8) is 0 Å². The Hall–Kier alpha value is -2.74. The molecule has 0 aliphatic carbocycles. The number of halogens is 2. The van der Waals surface area contributed by atoms with Gasteiger partial charge in [-0.1, -0.05) is 6.07 Å². The zero-order valence-corrected chi connectivity index (χ0v) is 15.0. The summed E-state index contributed by atoms with van der Waals surface area (Å²) in [6.45, 7) is 3.67. The van der Waals surface area contributed by atoms with Gasteiger partial charge in [-0.3, -0.25) is 0 Å².